The Balaban J connectivity index is 2.62. The van der Waals surface area contributed by atoms with Gasteiger partial charge in [-0.3, -0.25) is 9.69 Å². The molecule has 7 heteroatoms. The average molecular weight is 309 g/mol. The highest BCUT2D eigenvalue weighted by molar-refractivity contribution is 9.10. The van der Waals surface area contributed by atoms with Crippen LogP contribution in [0.15, 0.2) is 0 Å². The van der Waals surface area contributed by atoms with Crippen LogP contribution in [-0.4, -0.2) is 44.8 Å². The van der Waals surface area contributed by atoms with Gasteiger partial charge in [0.15, 0.2) is 4.57 Å². The molecule has 98 valence electrons. The third-order valence-electron chi connectivity index (χ3n) is 2.69. The molecule has 0 aliphatic carbocycles. The Kier molecular flexibility index (Phi) is 5.20. The molecule has 0 saturated carbocycles. The zero-order valence-electron chi connectivity index (χ0n) is 9.49. The topological polar surface area (TPSA) is 89.9 Å². The largest absolute Gasteiger partial charge is 0.465 e. The zero-order chi connectivity index (χ0) is 12.9. The normalized spacial score (nSPS) is 24.5. The highest BCUT2D eigenvalue weighted by atomic mass is 79.9. The minimum Gasteiger partial charge on any atom is -0.465 e. The summed E-state index contributed by atoms with van der Waals surface area (Å²) in [6.07, 6.45) is 1.72. The van der Waals surface area contributed by atoms with E-state index in [9.17, 15) is 9.59 Å². The highest BCUT2D eigenvalue weighted by Crippen LogP contribution is 2.31. The Hall–Kier alpha value is -0.820. The molecule has 1 saturated heterocycles. The molecule has 1 unspecified atom stereocenters. The minimum atomic E-state index is -1.05. The number of rotatable bonds is 4. The monoisotopic (exact) mass is 308 g/mol. The molecular formula is C10H17BrN2O4. The summed E-state index contributed by atoms with van der Waals surface area (Å²) in [7, 11) is 0. The third-order valence-corrected chi connectivity index (χ3v) is 3.71. The summed E-state index contributed by atoms with van der Waals surface area (Å²) in [5.41, 5.74) is 0. The lowest BCUT2D eigenvalue weighted by Crippen LogP contribution is -2.60. The number of carboxylic acid groups (broad SMARTS) is 1. The van der Waals surface area contributed by atoms with Crippen LogP contribution in [0.25, 0.3) is 0 Å². The van der Waals surface area contributed by atoms with E-state index in [0.717, 1.165) is 12.8 Å². The predicted molar refractivity (Wildman–Crippen MR) is 64.7 cm³/mol. The summed E-state index contributed by atoms with van der Waals surface area (Å²) in [6.45, 7) is 0.353. The van der Waals surface area contributed by atoms with Gasteiger partial charge in [-0.15, -0.1) is 0 Å². The fourth-order valence-corrected chi connectivity index (χ4v) is 2.66. The first-order valence-corrected chi connectivity index (χ1v) is 6.40. The fourth-order valence-electron chi connectivity index (χ4n) is 1.83. The van der Waals surface area contributed by atoms with Gasteiger partial charge in [-0.25, -0.2) is 4.79 Å². The van der Waals surface area contributed by atoms with E-state index in [0.29, 0.717) is 19.4 Å². The third kappa shape index (κ3) is 3.85. The molecule has 1 heterocycles. The van der Waals surface area contributed by atoms with Gasteiger partial charge in [-0.05, 0) is 35.2 Å². The van der Waals surface area contributed by atoms with Crippen molar-refractivity contribution in [3.05, 3.63) is 0 Å². The van der Waals surface area contributed by atoms with Crippen molar-refractivity contribution >= 4 is 27.9 Å². The number of likely N-dealkylation sites (tertiary alicyclic amines) is 1. The van der Waals surface area contributed by atoms with E-state index in [2.05, 4.69) is 21.2 Å². The van der Waals surface area contributed by atoms with Crippen molar-refractivity contribution < 1.29 is 19.8 Å². The van der Waals surface area contributed by atoms with Gasteiger partial charge in [-0.1, -0.05) is 0 Å². The molecule has 1 aliphatic rings. The van der Waals surface area contributed by atoms with Crippen LogP contribution >= 0.6 is 15.9 Å². The van der Waals surface area contributed by atoms with E-state index in [-0.39, 0.29) is 18.9 Å². The van der Waals surface area contributed by atoms with Crippen molar-refractivity contribution in [1.29, 1.82) is 0 Å². The summed E-state index contributed by atoms with van der Waals surface area (Å²) in [5.74, 6) is -0.260. The van der Waals surface area contributed by atoms with Crippen molar-refractivity contribution in [2.75, 3.05) is 13.2 Å². The second kappa shape index (κ2) is 6.20. The molecule has 0 radical (unpaired) electrons. The molecule has 6 nitrogen and oxygen atoms in total. The SMILES string of the molecule is O=C(CCCO)NC1(Br)CCCCN1C(=O)O. The molecule has 0 aromatic rings. The lowest BCUT2D eigenvalue weighted by Gasteiger charge is -2.41. The van der Waals surface area contributed by atoms with Crippen LogP contribution in [-0.2, 0) is 4.79 Å². The number of carbonyl (C=O) groups excluding carboxylic acids is 1. The van der Waals surface area contributed by atoms with Crippen LogP contribution < -0.4 is 5.32 Å². The van der Waals surface area contributed by atoms with Crippen LogP contribution in [0, 0.1) is 0 Å². The molecule has 0 spiro atoms. The number of nitrogens with one attached hydrogen (secondary N) is 1. The minimum absolute atomic E-state index is 0.0502. The molecule has 2 amide bonds. The second-order valence-electron chi connectivity index (χ2n) is 4.03. The van der Waals surface area contributed by atoms with Crippen LogP contribution in [0.3, 0.4) is 0 Å². The standard InChI is InChI=1S/C10H17BrN2O4/c11-10(12-8(15)4-3-7-14)5-1-2-6-13(10)9(16)17/h14H,1-7H2,(H,12,15)(H,16,17). The molecule has 1 rings (SSSR count). The number of amides is 2. The Labute approximate surface area is 108 Å². The van der Waals surface area contributed by atoms with Crippen LogP contribution in [0.4, 0.5) is 4.79 Å². The highest BCUT2D eigenvalue weighted by Gasteiger charge is 2.40. The van der Waals surface area contributed by atoms with Crippen LogP contribution in [0.5, 0.6) is 0 Å². The molecule has 1 atom stereocenters. The van der Waals surface area contributed by atoms with Gasteiger partial charge in [0.25, 0.3) is 0 Å². The van der Waals surface area contributed by atoms with E-state index in [1.807, 2.05) is 0 Å². The maximum absolute atomic E-state index is 11.6. The van der Waals surface area contributed by atoms with Crippen LogP contribution in [0.1, 0.15) is 32.1 Å². The first-order valence-electron chi connectivity index (χ1n) is 5.61. The van der Waals surface area contributed by atoms with Gasteiger partial charge in [0.2, 0.25) is 5.91 Å². The van der Waals surface area contributed by atoms with Gasteiger partial charge in [0.05, 0.1) is 0 Å². The van der Waals surface area contributed by atoms with E-state index < -0.39 is 10.7 Å². The molecule has 17 heavy (non-hydrogen) atoms. The zero-order valence-corrected chi connectivity index (χ0v) is 11.1. The first-order chi connectivity index (χ1) is 7.99. The van der Waals surface area contributed by atoms with Crippen molar-refractivity contribution in [1.82, 2.24) is 10.2 Å². The molecule has 0 aromatic heterocycles. The lowest BCUT2D eigenvalue weighted by atomic mass is 10.1. The van der Waals surface area contributed by atoms with E-state index in [1.165, 1.54) is 4.90 Å². The van der Waals surface area contributed by atoms with Crippen molar-refractivity contribution in [2.45, 2.75) is 36.7 Å². The number of aliphatic hydroxyl groups excluding tert-OH is 1. The Morgan fingerprint density at radius 3 is 2.71 bits per heavy atom. The smallest absolute Gasteiger partial charge is 0.409 e. The quantitative estimate of drug-likeness (QED) is 0.535. The van der Waals surface area contributed by atoms with Gasteiger partial charge >= 0.3 is 6.09 Å². The van der Waals surface area contributed by atoms with Crippen molar-refractivity contribution in [3.63, 3.8) is 0 Å². The molecular weight excluding hydrogens is 292 g/mol. The van der Waals surface area contributed by atoms with Gasteiger partial charge < -0.3 is 15.5 Å². The summed E-state index contributed by atoms with van der Waals surface area (Å²) < 4.78 is -0.996. The number of aliphatic hydroxyl groups is 1. The first kappa shape index (κ1) is 14.2. The number of alkyl halides is 1. The Bertz CT molecular complexity index is 300. The number of piperidine rings is 1. The van der Waals surface area contributed by atoms with Gasteiger partial charge in [0, 0.05) is 26.0 Å². The number of hydrogen-bond acceptors (Lipinski definition) is 3. The van der Waals surface area contributed by atoms with E-state index >= 15 is 0 Å². The maximum Gasteiger partial charge on any atom is 0.409 e. The van der Waals surface area contributed by atoms with Gasteiger partial charge in [0.1, 0.15) is 0 Å². The molecule has 0 bridgehead atoms. The van der Waals surface area contributed by atoms with E-state index in [1.54, 1.807) is 0 Å². The fraction of sp³-hybridized carbons (Fsp3) is 0.800. The Morgan fingerprint density at radius 2 is 2.12 bits per heavy atom. The summed E-state index contributed by atoms with van der Waals surface area (Å²) in [5, 5.41) is 20.4. The number of carbonyl (C=O) groups is 2. The van der Waals surface area contributed by atoms with Crippen molar-refractivity contribution in [2.24, 2.45) is 0 Å². The van der Waals surface area contributed by atoms with Gasteiger partial charge in [-0.2, -0.15) is 0 Å². The molecule has 0 aromatic carbocycles. The number of halogens is 1. The summed E-state index contributed by atoms with van der Waals surface area (Å²) in [4.78, 5) is 23.8. The number of nitrogens with zero attached hydrogens (tertiary/aromatic N) is 1. The van der Waals surface area contributed by atoms with E-state index in [4.69, 9.17) is 10.2 Å². The molecule has 1 aliphatic heterocycles. The summed E-state index contributed by atoms with van der Waals surface area (Å²) >= 11 is 3.31. The summed E-state index contributed by atoms with van der Waals surface area (Å²) in [6, 6.07) is 0. The average Bonchev–Trinajstić information content (AvgIpc) is 2.26. The molecule has 3 N–H and O–H groups in total. The van der Waals surface area contributed by atoms with Crippen molar-refractivity contribution in [3.8, 4) is 0 Å². The number of hydrogen-bond donors (Lipinski definition) is 3. The second-order valence-corrected chi connectivity index (χ2v) is 5.34. The lowest BCUT2D eigenvalue weighted by molar-refractivity contribution is -0.123. The Morgan fingerprint density at radius 1 is 1.41 bits per heavy atom. The molecule has 1 fully saturated rings. The predicted octanol–water partition coefficient (Wildman–Crippen LogP) is 1.09. The van der Waals surface area contributed by atoms with Crippen LogP contribution in [0.2, 0.25) is 0 Å². The maximum atomic E-state index is 11.6.